The Morgan fingerprint density at radius 3 is 2.19 bits per heavy atom. The van der Waals surface area contributed by atoms with Crippen LogP contribution in [0.2, 0.25) is 0 Å². The summed E-state index contributed by atoms with van der Waals surface area (Å²) in [5, 5.41) is 15.6. The Balaban J connectivity index is 2.78. The first-order valence-electron chi connectivity index (χ1n) is 9.05. The number of amides is 2. The largest absolute Gasteiger partial charge is 0.497 e. The van der Waals surface area contributed by atoms with Gasteiger partial charge < -0.3 is 20.5 Å². The van der Waals surface area contributed by atoms with Gasteiger partial charge in [0.2, 0.25) is 5.91 Å². The van der Waals surface area contributed by atoms with E-state index in [0.717, 1.165) is 6.42 Å². The second-order valence-corrected chi connectivity index (χ2v) is 7.33. The van der Waals surface area contributed by atoms with Gasteiger partial charge in [0.15, 0.2) is 0 Å². The van der Waals surface area contributed by atoms with Gasteiger partial charge in [0, 0.05) is 17.5 Å². The van der Waals surface area contributed by atoms with E-state index in [9.17, 15) is 14.7 Å². The van der Waals surface area contributed by atoms with Crippen molar-refractivity contribution in [3.05, 3.63) is 29.8 Å². The molecular weight excluding hydrogens is 332 g/mol. The molecule has 1 aromatic rings. The number of carbonyl (C=O) groups excluding carboxylic acids is 2. The zero-order valence-corrected chi connectivity index (χ0v) is 16.6. The number of hydrogen-bond donors (Lipinski definition) is 3. The Hall–Kier alpha value is -2.08. The number of methoxy groups -OCH3 is 1. The molecule has 0 aliphatic heterocycles. The maximum atomic E-state index is 12.6. The van der Waals surface area contributed by atoms with E-state index >= 15 is 0 Å². The van der Waals surface area contributed by atoms with Gasteiger partial charge in [0.1, 0.15) is 11.8 Å². The maximum absolute atomic E-state index is 12.6. The third kappa shape index (κ3) is 5.73. The molecule has 0 heterocycles. The lowest BCUT2D eigenvalue weighted by molar-refractivity contribution is -0.124. The molecule has 0 aliphatic rings. The highest BCUT2D eigenvalue weighted by Crippen LogP contribution is 2.24. The molecule has 26 heavy (non-hydrogen) atoms. The second-order valence-electron chi connectivity index (χ2n) is 7.33. The van der Waals surface area contributed by atoms with Crippen LogP contribution in [-0.4, -0.2) is 42.7 Å². The number of nitrogens with one attached hydrogen (secondary N) is 2. The van der Waals surface area contributed by atoms with Gasteiger partial charge >= 0.3 is 0 Å². The molecule has 0 spiro atoms. The van der Waals surface area contributed by atoms with Crippen LogP contribution in [0.1, 0.15) is 51.4 Å². The van der Waals surface area contributed by atoms with Crippen molar-refractivity contribution in [3.8, 4) is 5.75 Å². The average Bonchev–Trinajstić information content (AvgIpc) is 2.63. The normalized spacial score (nSPS) is 15.7. The van der Waals surface area contributed by atoms with E-state index in [1.807, 2.05) is 27.7 Å². The molecule has 6 heteroatoms. The summed E-state index contributed by atoms with van der Waals surface area (Å²) in [6.07, 6.45) is 0.189. The summed E-state index contributed by atoms with van der Waals surface area (Å²) in [4.78, 5) is 25.1. The van der Waals surface area contributed by atoms with E-state index in [4.69, 9.17) is 4.74 Å². The van der Waals surface area contributed by atoms with Gasteiger partial charge in [0.25, 0.3) is 5.91 Å². The number of aliphatic hydroxyl groups excluding tert-OH is 1. The Morgan fingerprint density at radius 1 is 1.19 bits per heavy atom. The van der Waals surface area contributed by atoms with E-state index in [0.29, 0.717) is 17.9 Å². The van der Waals surface area contributed by atoms with E-state index in [1.165, 1.54) is 0 Å². The lowest BCUT2D eigenvalue weighted by Crippen LogP contribution is -2.52. The van der Waals surface area contributed by atoms with Crippen molar-refractivity contribution in [2.45, 2.75) is 53.2 Å². The predicted molar refractivity (Wildman–Crippen MR) is 102 cm³/mol. The van der Waals surface area contributed by atoms with Crippen molar-refractivity contribution in [1.82, 2.24) is 10.6 Å². The summed E-state index contributed by atoms with van der Waals surface area (Å²) in [7, 11) is 1.56. The quantitative estimate of drug-likeness (QED) is 0.628. The van der Waals surface area contributed by atoms with Crippen LogP contribution >= 0.6 is 0 Å². The van der Waals surface area contributed by atoms with Gasteiger partial charge in [0.05, 0.1) is 13.2 Å². The monoisotopic (exact) mass is 364 g/mol. The molecule has 0 radical (unpaired) electrons. The van der Waals surface area contributed by atoms with Crippen molar-refractivity contribution in [1.29, 1.82) is 0 Å². The predicted octanol–water partition coefficient (Wildman–Crippen LogP) is 2.36. The van der Waals surface area contributed by atoms with Crippen LogP contribution in [0.3, 0.4) is 0 Å². The minimum absolute atomic E-state index is 0.0726. The highest BCUT2D eigenvalue weighted by atomic mass is 16.5. The van der Waals surface area contributed by atoms with Crippen LogP contribution < -0.4 is 15.4 Å². The first-order valence-corrected chi connectivity index (χ1v) is 9.05. The Kier molecular flexibility index (Phi) is 8.08. The fraction of sp³-hybridized carbons (Fsp3) is 0.600. The first kappa shape index (κ1) is 22.0. The number of rotatable bonds is 9. The minimum Gasteiger partial charge on any atom is -0.497 e. The van der Waals surface area contributed by atoms with Crippen LogP contribution in [-0.2, 0) is 4.79 Å². The standard InChI is InChI=1S/C20H32N2O4/c1-7-20(5,14(4)23)12-21-19(25)17(13(2)3)22-18(24)15-8-10-16(26-6)11-9-15/h8-11,13-14,17,23H,7,12H2,1-6H3,(H,21,25)(H,22,24). The Labute approximate surface area is 156 Å². The molecule has 6 nitrogen and oxygen atoms in total. The van der Waals surface area contributed by atoms with Gasteiger partial charge in [-0.15, -0.1) is 0 Å². The molecule has 3 N–H and O–H groups in total. The number of carbonyl (C=O) groups is 2. The van der Waals surface area contributed by atoms with E-state index in [2.05, 4.69) is 10.6 Å². The van der Waals surface area contributed by atoms with Gasteiger partial charge in [-0.25, -0.2) is 0 Å². The highest BCUT2D eigenvalue weighted by Gasteiger charge is 2.31. The van der Waals surface area contributed by atoms with E-state index in [1.54, 1.807) is 38.3 Å². The third-order valence-corrected chi connectivity index (χ3v) is 5.07. The molecule has 0 saturated carbocycles. The van der Waals surface area contributed by atoms with Gasteiger partial charge in [-0.05, 0) is 43.5 Å². The molecular formula is C20H32N2O4. The SMILES string of the molecule is CCC(C)(CNC(=O)C(NC(=O)c1ccc(OC)cc1)C(C)C)C(C)O. The molecule has 0 bridgehead atoms. The lowest BCUT2D eigenvalue weighted by atomic mass is 9.82. The zero-order chi connectivity index (χ0) is 19.9. The van der Waals surface area contributed by atoms with Gasteiger partial charge in [-0.2, -0.15) is 0 Å². The number of hydrogen-bond acceptors (Lipinski definition) is 4. The van der Waals surface area contributed by atoms with E-state index in [-0.39, 0.29) is 17.7 Å². The molecule has 0 aliphatic carbocycles. The summed E-state index contributed by atoms with van der Waals surface area (Å²) < 4.78 is 5.08. The fourth-order valence-electron chi connectivity index (χ4n) is 2.47. The van der Waals surface area contributed by atoms with Gasteiger partial charge in [-0.1, -0.05) is 27.7 Å². The summed E-state index contributed by atoms with van der Waals surface area (Å²) in [6.45, 7) is 9.74. The molecule has 2 amide bonds. The summed E-state index contributed by atoms with van der Waals surface area (Å²) in [5.41, 5.74) is 0.0589. The summed E-state index contributed by atoms with van der Waals surface area (Å²) in [5.74, 6) is 0.0331. The van der Waals surface area contributed by atoms with Crippen LogP contribution in [0.25, 0.3) is 0 Å². The van der Waals surface area contributed by atoms with Gasteiger partial charge in [-0.3, -0.25) is 9.59 Å². The number of aliphatic hydroxyl groups is 1. The average molecular weight is 364 g/mol. The number of benzene rings is 1. The van der Waals surface area contributed by atoms with Crippen molar-refractivity contribution in [2.75, 3.05) is 13.7 Å². The smallest absolute Gasteiger partial charge is 0.251 e. The number of ether oxygens (including phenoxy) is 1. The van der Waals surface area contributed by atoms with Crippen LogP contribution in [0.4, 0.5) is 0 Å². The molecule has 0 aromatic heterocycles. The summed E-state index contributed by atoms with van der Waals surface area (Å²) >= 11 is 0. The molecule has 1 rings (SSSR count). The van der Waals surface area contributed by atoms with Crippen LogP contribution in [0, 0.1) is 11.3 Å². The van der Waals surface area contributed by atoms with Crippen LogP contribution in [0.15, 0.2) is 24.3 Å². The topological polar surface area (TPSA) is 87.7 Å². The van der Waals surface area contributed by atoms with Crippen molar-refractivity contribution in [2.24, 2.45) is 11.3 Å². The van der Waals surface area contributed by atoms with Crippen molar-refractivity contribution < 1.29 is 19.4 Å². The first-order chi connectivity index (χ1) is 12.1. The molecule has 146 valence electrons. The molecule has 0 fully saturated rings. The molecule has 0 saturated heterocycles. The third-order valence-electron chi connectivity index (χ3n) is 5.07. The Morgan fingerprint density at radius 2 is 1.77 bits per heavy atom. The fourth-order valence-corrected chi connectivity index (χ4v) is 2.47. The Bertz CT molecular complexity index is 598. The second kappa shape index (κ2) is 9.57. The van der Waals surface area contributed by atoms with Crippen LogP contribution in [0.5, 0.6) is 5.75 Å². The zero-order valence-electron chi connectivity index (χ0n) is 16.6. The van der Waals surface area contributed by atoms with Crippen molar-refractivity contribution >= 4 is 11.8 Å². The molecule has 3 atom stereocenters. The summed E-state index contributed by atoms with van der Waals surface area (Å²) in [6, 6.07) is 6.07. The van der Waals surface area contributed by atoms with Crippen molar-refractivity contribution in [3.63, 3.8) is 0 Å². The maximum Gasteiger partial charge on any atom is 0.251 e. The molecule has 3 unspecified atom stereocenters. The lowest BCUT2D eigenvalue weighted by Gasteiger charge is -2.32. The molecule has 1 aromatic carbocycles. The minimum atomic E-state index is -0.653. The van der Waals surface area contributed by atoms with E-state index < -0.39 is 17.6 Å². The highest BCUT2D eigenvalue weighted by molar-refractivity contribution is 5.97.